The molecule has 0 unspecified atom stereocenters. The van der Waals surface area contributed by atoms with Crippen molar-refractivity contribution in [3.63, 3.8) is 0 Å². The van der Waals surface area contributed by atoms with Crippen molar-refractivity contribution in [2.24, 2.45) is 0 Å². The molecular weight excluding hydrogens is 232 g/mol. The van der Waals surface area contributed by atoms with Crippen molar-refractivity contribution in [2.75, 3.05) is 0 Å². The molecule has 0 saturated carbocycles. The summed E-state index contributed by atoms with van der Waals surface area (Å²) in [6, 6.07) is 6.30. The quantitative estimate of drug-likeness (QED) is 0.713. The van der Waals surface area contributed by atoms with Crippen LogP contribution in [-0.4, -0.2) is 5.11 Å². The summed E-state index contributed by atoms with van der Waals surface area (Å²) < 4.78 is 0. The molecule has 0 saturated heterocycles. The van der Waals surface area contributed by atoms with E-state index >= 15 is 0 Å². The van der Waals surface area contributed by atoms with E-state index in [1.807, 2.05) is 0 Å². The van der Waals surface area contributed by atoms with Gasteiger partial charge < -0.3 is 5.11 Å². The van der Waals surface area contributed by atoms with Crippen LogP contribution in [0.25, 0.3) is 0 Å². The fourth-order valence-corrected chi connectivity index (χ4v) is 2.78. The van der Waals surface area contributed by atoms with Gasteiger partial charge in [-0.05, 0) is 36.5 Å². The lowest BCUT2D eigenvalue weighted by Gasteiger charge is -2.33. The summed E-state index contributed by atoms with van der Waals surface area (Å²) in [5, 5.41) is 10.8. The second-order valence-corrected chi connectivity index (χ2v) is 6.24. The Morgan fingerprint density at radius 3 is 1.37 bits per heavy atom. The van der Waals surface area contributed by atoms with Gasteiger partial charge >= 0.3 is 0 Å². The van der Waals surface area contributed by atoms with Crippen LogP contribution < -0.4 is 0 Å². The summed E-state index contributed by atoms with van der Waals surface area (Å²) in [7, 11) is 0. The largest absolute Gasteiger partial charge is 0.507 e. The number of benzene rings is 1. The maximum atomic E-state index is 10.8. The molecule has 1 aromatic rings. The second kappa shape index (κ2) is 5.98. The minimum Gasteiger partial charge on any atom is -0.507 e. The van der Waals surface area contributed by atoms with Gasteiger partial charge in [0.1, 0.15) is 5.75 Å². The van der Waals surface area contributed by atoms with E-state index in [0.717, 1.165) is 36.8 Å². The summed E-state index contributed by atoms with van der Waals surface area (Å²) in [4.78, 5) is 0. The van der Waals surface area contributed by atoms with Crippen LogP contribution in [0.3, 0.4) is 0 Å². The summed E-state index contributed by atoms with van der Waals surface area (Å²) in [5.41, 5.74) is 2.37. The van der Waals surface area contributed by atoms with Gasteiger partial charge in [0.25, 0.3) is 0 Å². The summed E-state index contributed by atoms with van der Waals surface area (Å²) >= 11 is 0. The molecular formula is C18H30O. The standard InChI is InChI=1S/C18H30O/c1-7-17(5,8-2)14-12-11-13-15(16(14)19)18(6,9-3)10-4/h11-13,19H,7-10H2,1-6H3. The van der Waals surface area contributed by atoms with E-state index in [4.69, 9.17) is 0 Å². The molecule has 0 spiro atoms. The number of aromatic hydroxyl groups is 1. The van der Waals surface area contributed by atoms with Crippen LogP contribution in [0, 0.1) is 0 Å². The highest BCUT2D eigenvalue weighted by atomic mass is 16.3. The van der Waals surface area contributed by atoms with Gasteiger partial charge in [-0.3, -0.25) is 0 Å². The van der Waals surface area contributed by atoms with E-state index in [0.29, 0.717) is 5.75 Å². The second-order valence-electron chi connectivity index (χ2n) is 6.24. The van der Waals surface area contributed by atoms with Crippen LogP contribution in [-0.2, 0) is 10.8 Å². The average Bonchev–Trinajstić information content (AvgIpc) is 2.45. The van der Waals surface area contributed by atoms with E-state index in [9.17, 15) is 5.11 Å². The van der Waals surface area contributed by atoms with Crippen LogP contribution in [0.5, 0.6) is 5.75 Å². The third-order valence-corrected chi connectivity index (χ3v) is 5.46. The highest BCUT2D eigenvalue weighted by molar-refractivity contribution is 5.48. The molecule has 0 aliphatic carbocycles. The van der Waals surface area contributed by atoms with Crippen molar-refractivity contribution in [3.8, 4) is 5.75 Å². The number of phenolic OH excluding ortho intramolecular Hbond substituents is 1. The Morgan fingerprint density at radius 1 is 0.789 bits per heavy atom. The van der Waals surface area contributed by atoms with Gasteiger partial charge in [0.05, 0.1) is 0 Å². The molecule has 0 heterocycles. The predicted octanol–water partition coefficient (Wildman–Crippen LogP) is 5.55. The molecule has 1 heteroatoms. The van der Waals surface area contributed by atoms with Crippen LogP contribution in [0.15, 0.2) is 18.2 Å². The van der Waals surface area contributed by atoms with Gasteiger partial charge in [0, 0.05) is 11.1 Å². The van der Waals surface area contributed by atoms with Gasteiger partial charge in [0.15, 0.2) is 0 Å². The number of hydrogen-bond acceptors (Lipinski definition) is 1. The fraction of sp³-hybridized carbons (Fsp3) is 0.667. The lowest BCUT2D eigenvalue weighted by Crippen LogP contribution is -2.24. The topological polar surface area (TPSA) is 20.2 Å². The minimum atomic E-state index is 0.0719. The van der Waals surface area contributed by atoms with Gasteiger partial charge in [-0.15, -0.1) is 0 Å². The molecule has 1 rings (SSSR count). The first-order valence-corrected chi connectivity index (χ1v) is 7.71. The van der Waals surface area contributed by atoms with Gasteiger partial charge in [-0.25, -0.2) is 0 Å². The van der Waals surface area contributed by atoms with E-state index < -0.39 is 0 Å². The number of hydrogen-bond donors (Lipinski definition) is 1. The van der Waals surface area contributed by atoms with Crippen LogP contribution in [0.2, 0.25) is 0 Å². The first kappa shape index (κ1) is 16.1. The molecule has 0 fully saturated rings. The smallest absolute Gasteiger partial charge is 0.123 e. The molecule has 0 aliphatic rings. The molecule has 0 radical (unpaired) electrons. The number of rotatable bonds is 6. The minimum absolute atomic E-state index is 0.0719. The van der Waals surface area contributed by atoms with Gasteiger partial charge in [0.2, 0.25) is 0 Å². The van der Waals surface area contributed by atoms with Gasteiger partial charge in [-0.1, -0.05) is 59.7 Å². The molecule has 19 heavy (non-hydrogen) atoms. The highest BCUT2D eigenvalue weighted by Gasteiger charge is 2.31. The van der Waals surface area contributed by atoms with Crippen molar-refractivity contribution in [1.29, 1.82) is 0 Å². The van der Waals surface area contributed by atoms with Crippen molar-refractivity contribution in [3.05, 3.63) is 29.3 Å². The van der Waals surface area contributed by atoms with Crippen molar-refractivity contribution < 1.29 is 5.11 Å². The maximum Gasteiger partial charge on any atom is 0.123 e. The Bertz CT molecular complexity index is 375. The molecule has 0 aliphatic heterocycles. The monoisotopic (exact) mass is 262 g/mol. The molecule has 0 aromatic heterocycles. The normalized spacial score (nSPS) is 12.7. The fourth-order valence-electron chi connectivity index (χ4n) is 2.78. The Balaban J connectivity index is 3.42. The molecule has 108 valence electrons. The van der Waals surface area contributed by atoms with Crippen LogP contribution in [0.4, 0.5) is 0 Å². The Hall–Kier alpha value is -0.980. The number of phenols is 1. The lowest BCUT2D eigenvalue weighted by molar-refractivity contribution is 0.369. The SMILES string of the molecule is CCC(C)(CC)c1cccc(C(C)(CC)CC)c1O. The van der Waals surface area contributed by atoms with Crippen LogP contribution >= 0.6 is 0 Å². The average molecular weight is 262 g/mol. The maximum absolute atomic E-state index is 10.8. The molecule has 0 amide bonds. The number of para-hydroxylation sites is 1. The van der Waals surface area contributed by atoms with Gasteiger partial charge in [-0.2, -0.15) is 0 Å². The lowest BCUT2D eigenvalue weighted by atomic mass is 9.72. The summed E-state index contributed by atoms with van der Waals surface area (Å²) in [5.74, 6) is 0.528. The molecule has 0 atom stereocenters. The van der Waals surface area contributed by atoms with Crippen molar-refractivity contribution >= 4 is 0 Å². The predicted molar refractivity (Wildman–Crippen MR) is 84.0 cm³/mol. The third-order valence-electron chi connectivity index (χ3n) is 5.46. The molecule has 1 N–H and O–H groups in total. The van der Waals surface area contributed by atoms with Crippen molar-refractivity contribution in [2.45, 2.75) is 78.1 Å². The molecule has 1 nitrogen and oxygen atoms in total. The molecule has 1 aromatic carbocycles. The Kier molecular flexibility index (Phi) is 5.06. The zero-order valence-corrected chi connectivity index (χ0v) is 13.5. The summed E-state index contributed by atoms with van der Waals surface area (Å²) in [6.07, 6.45) is 4.20. The van der Waals surface area contributed by atoms with Crippen molar-refractivity contribution in [1.82, 2.24) is 0 Å². The van der Waals surface area contributed by atoms with E-state index in [1.54, 1.807) is 0 Å². The zero-order valence-electron chi connectivity index (χ0n) is 13.5. The third kappa shape index (κ3) is 2.80. The van der Waals surface area contributed by atoms with Crippen LogP contribution in [0.1, 0.15) is 78.4 Å². The first-order valence-electron chi connectivity index (χ1n) is 7.71. The summed E-state index contributed by atoms with van der Waals surface area (Å²) in [6.45, 7) is 13.3. The first-order chi connectivity index (χ1) is 8.88. The zero-order chi connectivity index (χ0) is 14.7. The van der Waals surface area contributed by atoms with E-state index in [-0.39, 0.29) is 10.8 Å². The van der Waals surface area contributed by atoms with E-state index in [1.165, 1.54) is 0 Å². The Morgan fingerprint density at radius 2 is 1.11 bits per heavy atom. The Labute approximate surface area is 119 Å². The highest BCUT2D eigenvalue weighted by Crippen LogP contribution is 2.43. The molecule has 0 bridgehead atoms. The van der Waals surface area contributed by atoms with E-state index in [2.05, 4.69) is 59.7 Å².